The minimum absolute atomic E-state index is 0.0571. The fourth-order valence-electron chi connectivity index (χ4n) is 3.37. The van der Waals surface area contributed by atoms with Gasteiger partial charge < -0.3 is 20.0 Å². The van der Waals surface area contributed by atoms with Gasteiger partial charge in [-0.2, -0.15) is 0 Å². The quantitative estimate of drug-likeness (QED) is 0.179. The maximum absolute atomic E-state index is 13.0. The number of esters is 1. The number of carboxylic acid groups (broad SMARTS) is 1. The van der Waals surface area contributed by atoms with Gasteiger partial charge in [0, 0.05) is 17.4 Å². The second kappa shape index (κ2) is 10.6. The highest BCUT2D eigenvalue weighted by atomic mass is 32.2. The SMILES string of the molecule is CC(C)(C)OC(=O)CO/N=C(/C(=O)NC1C(=O)N2C(C(=O)O)=C(CS(C)(=O)=O)CSC12)c1cscn1. The van der Waals surface area contributed by atoms with E-state index in [1.54, 1.807) is 20.8 Å². The summed E-state index contributed by atoms with van der Waals surface area (Å²) in [6.45, 7) is 4.47. The van der Waals surface area contributed by atoms with Crippen LogP contribution >= 0.6 is 23.1 Å². The lowest BCUT2D eigenvalue weighted by Crippen LogP contribution is -2.71. The van der Waals surface area contributed by atoms with E-state index in [4.69, 9.17) is 9.57 Å². The number of thioether (sulfide) groups is 1. The summed E-state index contributed by atoms with van der Waals surface area (Å²) in [6, 6.07) is -1.09. The molecule has 1 saturated heterocycles. The van der Waals surface area contributed by atoms with Gasteiger partial charge in [0.25, 0.3) is 11.8 Å². The number of amides is 2. The van der Waals surface area contributed by atoms with Crippen molar-refractivity contribution in [3.8, 4) is 0 Å². The molecule has 3 rings (SSSR count). The summed E-state index contributed by atoms with van der Waals surface area (Å²) in [5, 5.41) is 16.6. The van der Waals surface area contributed by atoms with Gasteiger partial charge in [0.1, 0.15) is 28.4 Å². The van der Waals surface area contributed by atoms with E-state index in [9.17, 15) is 32.7 Å². The van der Waals surface area contributed by atoms with Crippen molar-refractivity contribution in [2.24, 2.45) is 5.16 Å². The Morgan fingerprint density at radius 1 is 1.33 bits per heavy atom. The van der Waals surface area contributed by atoms with Crippen LogP contribution in [0.15, 0.2) is 27.3 Å². The molecule has 16 heteroatoms. The van der Waals surface area contributed by atoms with E-state index in [-0.39, 0.29) is 22.7 Å². The van der Waals surface area contributed by atoms with Crippen LogP contribution < -0.4 is 5.32 Å². The van der Waals surface area contributed by atoms with Crippen LogP contribution in [0.5, 0.6) is 0 Å². The van der Waals surface area contributed by atoms with E-state index >= 15 is 0 Å². The highest BCUT2D eigenvalue weighted by Crippen LogP contribution is 2.40. The Labute approximate surface area is 214 Å². The fraction of sp³-hybridized carbons (Fsp3) is 0.500. The molecular formula is C20H24N4O9S3. The topological polar surface area (TPSA) is 182 Å². The monoisotopic (exact) mass is 560 g/mol. The Bertz CT molecular complexity index is 1230. The molecule has 2 atom stereocenters. The molecule has 13 nitrogen and oxygen atoms in total. The summed E-state index contributed by atoms with van der Waals surface area (Å²) >= 11 is 2.31. The van der Waals surface area contributed by atoms with Gasteiger partial charge in [0.2, 0.25) is 6.61 Å². The van der Waals surface area contributed by atoms with Gasteiger partial charge in [-0.3, -0.25) is 14.5 Å². The van der Waals surface area contributed by atoms with Crippen molar-refractivity contribution >= 4 is 62.4 Å². The van der Waals surface area contributed by atoms with Crippen LogP contribution in [-0.2, 0) is 38.6 Å². The molecule has 0 aromatic carbocycles. The molecule has 36 heavy (non-hydrogen) atoms. The highest BCUT2D eigenvalue weighted by Gasteiger charge is 2.54. The van der Waals surface area contributed by atoms with Crippen LogP contribution in [0.2, 0.25) is 0 Å². The smallest absolute Gasteiger partial charge is 0.352 e. The molecule has 1 fully saturated rings. The van der Waals surface area contributed by atoms with E-state index in [1.165, 1.54) is 22.2 Å². The molecule has 2 aliphatic rings. The van der Waals surface area contributed by atoms with Gasteiger partial charge in [0.05, 0.1) is 11.3 Å². The maximum atomic E-state index is 13.0. The molecule has 0 saturated carbocycles. The van der Waals surface area contributed by atoms with Crippen molar-refractivity contribution in [2.75, 3.05) is 24.4 Å². The number of hydrogen-bond acceptors (Lipinski definition) is 12. The predicted molar refractivity (Wildman–Crippen MR) is 130 cm³/mol. The Hall–Kier alpha value is -2.98. The number of β-lactam (4-membered cyclic amide) rings is 1. The summed E-state index contributed by atoms with van der Waals surface area (Å²) in [5.41, 5.74) is 0.268. The number of nitrogens with zero attached hydrogens (tertiary/aromatic N) is 3. The number of oxime groups is 1. The summed E-state index contributed by atoms with van der Waals surface area (Å²) in [7, 11) is -3.53. The Kier molecular flexibility index (Phi) is 8.10. The van der Waals surface area contributed by atoms with E-state index in [2.05, 4.69) is 15.5 Å². The lowest BCUT2D eigenvalue weighted by atomic mass is 10.0. The van der Waals surface area contributed by atoms with E-state index < -0.39 is 68.7 Å². The van der Waals surface area contributed by atoms with Crippen molar-refractivity contribution in [1.82, 2.24) is 15.2 Å². The highest BCUT2D eigenvalue weighted by molar-refractivity contribution is 8.00. The third-order valence-corrected chi connectivity index (χ3v) is 7.42. The predicted octanol–water partition coefficient (Wildman–Crippen LogP) is -0.0113. The summed E-state index contributed by atoms with van der Waals surface area (Å²) in [6.07, 6.45) is 0.974. The van der Waals surface area contributed by atoms with Crippen LogP contribution in [0.25, 0.3) is 0 Å². The minimum Gasteiger partial charge on any atom is -0.477 e. The average molecular weight is 561 g/mol. The summed E-state index contributed by atoms with van der Waals surface area (Å²) in [4.78, 5) is 59.4. The molecule has 3 heterocycles. The van der Waals surface area contributed by atoms with Crippen LogP contribution in [0.3, 0.4) is 0 Å². The van der Waals surface area contributed by atoms with Gasteiger partial charge in [-0.15, -0.1) is 23.1 Å². The first-order valence-corrected chi connectivity index (χ1v) is 14.4. The molecule has 0 radical (unpaired) electrons. The Morgan fingerprint density at radius 3 is 2.58 bits per heavy atom. The Morgan fingerprint density at radius 2 is 2.03 bits per heavy atom. The molecule has 0 aliphatic carbocycles. The molecule has 2 aliphatic heterocycles. The van der Waals surface area contributed by atoms with Gasteiger partial charge in [-0.25, -0.2) is 23.0 Å². The first-order chi connectivity index (χ1) is 16.7. The minimum atomic E-state index is -3.53. The van der Waals surface area contributed by atoms with Crippen LogP contribution in [0.1, 0.15) is 26.5 Å². The lowest BCUT2D eigenvalue weighted by molar-refractivity contribution is -0.160. The van der Waals surface area contributed by atoms with Crippen molar-refractivity contribution in [3.05, 3.63) is 27.9 Å². The van der Waals surface area contributed by atoms with E-state index in [0.29, 0.717) is 0 Å². The number of nitrogens with one attached hydrogen (secondary N) is 1. The normalized spacial score (nSPS) is 20.4. The number of carboxylic acids is 1. The number of carbonyl (C=O) groups excluding carboxylic acids is 3. The van der Waals surface area contributed by atoms with Crippen molar-refractivity contribution in [3.63, 3.8) is 0 Å². The number of sulfone groups is 1. The third-order valence-electron chi connectivity index (χ3n) is 4.62. The first kappa shape index (κ1) is 27.6. The number of aliphatic carboxylic acids is 1. The number of hydrogen-bond donors (Lipinski definition) is 2. The number of fused-ring (bicyclic) bond motifs is 1. The second-order valence-electron chi connectivity index (χ2n) is 8.86. The van der Waals surface area contributed by atoms with E-state index in [0.717, 1.165) is 22.9 Å². The Balaban J connectivity index is 1.75. The molecule has 196 valence electrons. The summed E-state index contributed by atoms with van der Waals surface area (Å²) < 4.78 is 28.5. The van der Waals surface area contributed by atoms with Crippen molar-refractivity contribution in [1.29, 1.82) is 0 Å². The van der Waals surface area contributed by atoms with Crippen LogP contribution in [0.4, 0.5) is 0 Å². The number of carbonyl (C=O) groups is 4. The molecular weight excluding hydrogens is 536 g/mol. The number of rotatable bonds is 9. The fourth-order valence-corrected chi connectivity index (χ4v) is 6.26. The maximum Gasteiger partial charge on any atom is 0.352 e. The molecule has 2 unspecified atom stereocenters. The zero-order valence-corrected chi connectivity index (χ0v) is 22.2. The molecule has 2 amide bonds. The first-order valence-electron chi connectivity index (χ1n) is 10.4. The second-order valence-corrected chi connectivity index (χ2v) is 12.8. The van der Waals surface area contributed by atoms with Crippen LogP contribution in [0, 0.1) is 0 Å². The van der Waals surface area contributed by atoms with Gasteiger partial charge >= 0.3 is 11.9 Å². The largest absolute Gasteiger partial charge is 0.477 e. The van der Waals surface area contributed by atoms with Gasteiger partial charge in [-0.1, -0.05) is 5.16 Å². The number of aromatic nitrogens is 1. The lowest BCUT2D eigenvalue weighted by Gasteiger charge is -2.49. The standard InChI is InChI=1S/C20H24N4O9S3/c1-20(2,3)33-12(25)5-32-23-13(11-7-34-9-21-11)16(26)22-14-17(27)24-15(19(28)29)10(6-35-18(14)24)8-36(4,30)31/h7,9,14,18H,5-6,8H2,1-4H3,(H,22,26)(H,28,29)/b23-13+. The van der Waals surface area contributed by atoms with Gasteiger partial charge in [0.15, 0.2) is 15.5 Å². The number of ether oxygens (including phenoxy) is 1. The van der Waals surface area contributed by atoms with Gasteiger partial charge in [-0.05, 0) is 26.3 Å². The zero-order chi connectivity index (χ0) is 26.8. The zero-order valence-electron chi connectivity index (χ0n) is 19.7. The summed E-state index contributed by atoms with van der Waals surface area (Å²) in [5.74, 6) is -4.11. The molecule has 0 spiro atoms. The third kappa shape index (κ3) is 6.61. The average Bonchev–Trinajstić information content (AvgIpc) is 3.26. The number of thiazole rings is 1. The van der Waals surface area contributed by atoms with Crippen LogP contribution in [-0.4, -0.2) is 94.3 Å². The molecule has 2 N–H and O–H groups in total. The molecule has 1 aromatic heterocycles. The van der Waals surface area contributed by atoms with Crippen molar-refractivity contribution in [2.45, 2.75) is 37.8 Å². The van der Waals surface area contributed by atoms with Crippen molar-refractivity contribution < 1.29 is 42.3 Å². The molecule has 0 bridgehead atoms. The molecule has 1 aromatic rings. The van der Waals surface area contributed by atoms with E-state index in [1.807, 2.05) is 0 Å².